The fourth-order valence-corrected chi connectivity index (χ4v) is 2.22. The maximum Gasteiger partial charge on any atom is 0.433 e. The van der Waals surface area contributed by atoms with Gasteiger partial charge in [0.1, 0.15) is 21.9 Å². The van der Waals surface area contributed by atoms with E-state index >= 15 is 0 Å². The van der Waals surface area contributed by atoms with E-state index in [1.807, 2.05) is 18.2 Å². The van der Waals surface area contributed by atoms with Crippen LogP contribution in [0.4, 0.5) is 5.88 Å². The van der Waals surface area contributed by atoms with Gasteiger partial charge in [-0.2, -0.15) is 0 Å². The number of furan rings is 2. The highest BCUT2D eigenvalue weighted by Crippen LogP contribution is 2.27. The van der Waals surface area contributed by atoms with Crippen LogP contribution in [-0.4, -0.2) is 22.5 Å². The molecule has 0 saturated heterocycles. The highest BCUT2D eigenvalue weighted by Gasteiger charge is 2.29. The van der Waals surface area contributed by atoms with Gasteiger partial charge in [-0.1, -0.05) is 18.2 Å². The Kier molecular flexibility index (Phi) is 3.82. The van der Waals surface area contributed by atoms with Gasteiger partial charge < -0.3 is 19.3 Å². The van der Waals surface area contributed by atoms with Crippen molar-refractivity contribution in [3.05, 3.63) is 64.1 Å². The SMILES string of the molecule is CC(O)(CNC(=O)c1ccc([N+](=O)[O-])o1)c1cc2ccccc2o1. The molecule has 3 aromatic rings. The summed E-state index contributed by atoms with van der Waals surface area (Å²) in [5.74, 6) is -1.10. The number of hydrogen-bond acceptors (Lipinski definition) is 6. The highest BCUT2D eigenvalue weighted by molar-refractivity contribution is 5.91. The van der Waals surface area contributed by atoms with Gasteiger partial charge in [0, 0.05) is 5.39 Å². The number of hydrogen-bond donors (Lipinski definition) is 2. The minimum atomic E-state index is -1.45. The summed E-state index contributed by atoms with van der Waals surface area (Å²) in [4.78, 5) is 21.8. The molecule has 8 nitrogen and oxygen atoms in total. The summed E-state index contributed by atoms with van der Waals surface area (Å²) in [7, 11) is 0. The zero-order valence-corrected chi connectivity index (χ0v) is 12.7. The lowest BCUT2D eigenvalue weighted by molar-refractivity contribution is -0.402. The largest absolute Gasteiger partial charge is 0.458 e. The number of fused-ring (bicyclic) bond motifs is 1. The third-order valence-corrected chi connectivity index (χ3v) is 3.55. The predicted octanol–water partition coefficient (Wildman–Crippen LogP) is 2.57. The van der Waals surface area contributed by atoms with Gasteiger partial charge >= 0.3 is 5.88 Å². The molecule has 24 heavy (non-hydrogen) atoms. The van der Waals surface area contributed by atoms with Crippen molar-refractivity contribution in [2.45, 2.75) is 12.5 Å². The fourth-order valence-electron chi connectivity index (χ4n) is 2.22. The van der Waals surface area contributed by atoms with Crippen molar-refractivity contribution in [2.24, 2.45) is 0 Å². The minimum absolute atomic E-state index is 0.153. The first-order valence-electron chi connectivity index (χ1n) is 7.11. The number of benzene rings is 1. The number of carbonyl (C=O) groups excluding carboxylic acids is 1. The summed E-state index contributed by atoms with van der Waals surface area (Å²) in [5, 5.41) is 24.4. The molecule has 3 rings (SSSR count). The quantitative estimate of drug-likeness (QED) is 0.548. The number of para-hydroxylation sites is 1. The van der Waals surface area contributed by atoms with Crippen LogP contribution in [0.1, 0.15) is 23.2 Å². The zero-order valence-electron chi connectivity index (χ0n) is 12.7. The Labute approximate surface area is 135 Å². The first-order chi connectivity index (χ1) is 11.4. The Morgan fingerprint density at radius 3 is 2.71 bits per heavy atom. The van der Waals surface area contributed by atoms with Gasteiger partial charge in [-0.05, 0) is 25.1 Å². The van der Waals surface area contributed by atoms with E-state index in [-0.39, 0.29) is 12.3 Å². The Morgan fingerprint density at radius 2 is 2.04 bits per heavy atom. The summed E-state index contributed by atoms with van der Waals surface area (Å²) in [6, 6.07) is 11.3. The molecule has 124 valence electrons. The Morgan fingerprint density at radius 1 is 1.29 bits per heavy atom. The van der Waals surface area contributed by atoms with Gasteiger partial charge in [0.25, 0.3) is 5.91 Å². The Hall–Kier alpha value is -3.13. The second-order valence-corrected chi connectivity index (χ2v) is 5.50. The molecule has 0 fully saturated rings. The predicted molar refractivity (Wildman–Crippen MR) is 83.5 cm³/mol. The molecule has 0 aliphatic carbocycles. The highest BCUT2D eigenvalue weighted by atomic mass is 16.6. The number of aliphatic hydroxyl groups is 1. The summed E-state index contributed by atoms with van der Waals surface area (Å²) in [6.45, 7) is 1.34. The monoisotopic (exact) mass is 330 g/mol. The van der Waals surface area contributed by atoms with Crippen LogP contribution in [0.25, 0.3) is 11.0 Å². The molecule has 0 aliphatic heterocycles. The first kappa shape index (κ1) is 15.8. The molecule has 0 aliphatic rings. The van der Waals surface area contributed by atoms with E-state index in [0.717, 1.165) is 11.5 Å². The standard InChI is InChI=1S/C16H14N2O6/c1-16(20,13-8-10-4-2-3-5-11(10)23-13)9-17-15(19)12-6-7-14(24-12)18(21)22/h2-8,20H,9H2,1H3,(H,17,19). The van der Waals surface area contributed by atoms with Crippen molar-refractivity contribution in [1.82, 2.24) is 5.32 Å². The first-order valence-corrected chi connectivity index (χ1v) is 7.11. The molecule has 2 N–H and O–H groups in total. The van der Waals surface area contributed by atoms with Crippen LogP contribution < -0.4 is 5.32 Å². The number of amides is 1. The number of rotatable bonds is 5. The van der Waals surface area contributed by atoms with Crippen molar-refractivity contribution >= 4 is 22.8 Å². The van der Waals surface area contributed by atoms with Crippen LogP contribution in [0.2, 0.25) is 0 Å². The lowest BCUT2D eigenvalue weighted by Gasteiger charge is -2.20. The Balaban J connectivity index is 1.71. The molecule has 1 atom stereocenters. The number of nitrogens with zero attached hydrogens (tertiary/aromatic N) is 1. The summed E-state index contributed by atoms with van der Waals surface area (Å²) in [6.07, 6.45) is 0. The average Bonchev–Trinajstić information content (AvgIpc) is 3.19. The third-order valence-electron chi connectivity index (χ3n) is 3.55. The summed E-state index contributed by atoms with van der Waals surface area (Å²) in [5.41, 5.74) is -0.825. The van der Waals surface area contributed by atoms with Crippen LogP contribution >= 0.6 is 0 Å². The second-order valence-electron chi connectivity index (χ2n) is 5.50. The van der Waals surface area contributed by atoms with Gasteiger partial charge in [-0.15, -0.1) is 0 Å². The molecule has 0 bridgehead atoms. The number of carbonyl (C=O) groups is 1. The lowest BCUT2D eigenvalue weighted by atomic mass is 10.0. The van der Waals surface area contributed by atoms with E-state index in [1.165, 1.54) is 13.0 Å². The van der Waals surface area contributed by atoms with Gasteiger partial charge in [0.15, 0.2) is 5.76 Å². The van der Waals surface area contributed by atoms with Crippen LogP contribution in [0.15, 0.2) is 51.3 Å². The minimum Gasteiger partial charge on any atom is -0.458 e. The molecule has 1 amide bonds. The van der Waals surface area contributed by atoms with Gasteiger partial charge in [0.2, 0.25) is 0 Å². The van der Waals surface area contributed by atoms with E-state index in [0.29, 0.717) is 11.3 Å². The molecule has 8 heteroatoms. The molecular formula is C16H14N2O6. The van der Waals surface area contributed by atoms with E-state index < -0.39 is 22.3 Å². The van der Waals surface area contributed by atoms with E-state index in [9.17, 15) is 20.0 Å². The Bertz CT molecular complexity index is 875. The van der Waals surface area contributed by atoms with Crippen LogP contribution in [-0.2, 0) is 5.60 Å². The molecule has 1 unspecified atom stereocenters. The maximum atomic E-state index is 12.0. The molecule has 2 heterocycles. The van der Waals surface area contributed by atoms with E-state index in [2.05, 4.69) is 5.32 Å². The van der Waals surface area contributed by atoms with Crippen molar-refractivity contribution in [3.8, 4) is 0 Å². The fraction of sp³-hybridized carbons (Fsp3) is 0.188. The van der Waals surface area contributed by atoms with Crippen molar-refractivity contribution in [3.63, 3.8) is 0 Å². The molecule has 2 aromatic heterocycles. The van der Waals surface area contributed by atoms with Crippen molar-refractivity contribution in [1.29, 1.82) is 0 Å². The lowest BCUT2D eigenvalue weighted by Crippen LogP contribution is -2.38. The van der Waals surface area contributed by atoms with Crippen molar-refractivity contribution in [2.75, 3.05) is 6.54 Å². The molecule has 0 saturated carbocycles. The zero-order chi connectivity index (χ0) is 17.3. The topological polar surface area (TPSA) is 119 Å². The molecular weight excluding hydrogens is 316 g/mol. The molecule has 1 aromatic carbocycles. The maximum absolute atomic E-state index is 12.0. The summed E-state index contributed by atoms with van der Waals surface area (Å²) < 4.78 is 10.4. The van der Waals surface area contributed by atoms with Crippen LogP contribution in [0.5, 0.6) is 0 Å². The average molecular weight is 330 g/mol. The summed E-state index contributed by atoms with van der Waals surface area (Å²) >= 11 is 0. The second kappa shape index (κ2) is 5.82. The number of nitrogens with one attached hydrogen (secondary N) is 1. The van der Waals surface area contributed by atoms with Crippen LogP contribution in [0, 0.1) is 10.1 Å². The normalized spacial score (nSPS) is 13.6. The van der Waals surface area contributed by atoms with Crippen molar-refractivity contribution < 1.29 is 23.7 Å². The van der Waals surface area contributed by atoms with E-state index in [1.54, 1.807) is 12.1 Å². The van der Waals surface area contributed by atoms with E-state index in [4.69, 9.17) is 8.83 Å². The number of nitro groups is 1. The van der Waals surface area contributed by atoms with Gasteiger partial charge in [-0.25, -0.2) is 0 Å². The van der Waals surface area contributed by atoms with Gasteiger partial charge in [-0.3, -0.25) is 14.9 Å². The third kappa shape index (κ3) is 2.99. The molecule has 0 spiro atoms. The smallest absolute Gasteiger partial charge is 0.433 e. The molecule has 0 radical (unpaired) electrons. The van der Waals surface area contributed by atoms with Crippen LogP contribution in [0.3, 0.4) is 0 Å². The van der Waals surface area contributed by atoms with Gasteiger partial charge in [0.05, 0.1) is 12.6 Å².